The van der Waals surface area contributed by atoms with Crippen LogP contribution < -0.4 is 10.3 Å². The van der Waals surface area contributed by atoms with E-state index >= 15 is 0 Å². The second-order valence-electron chi connectivity index (χ2n) is 6.96. The summed E-state index contributed by atoms with van der Waals surface area (Å²) in [6, 6.07) is 24.2. The molecule has 3 aromatic carbocycles. The van der Waals surface area contributed by atoms with Gasteiger partial charge >= 0.3 is 0 Å². The smallest absolute Gasteiger partial charge is 0.266 e. The highest BCUT2D eigenvalue weighted by atomic mass is 32.2. The number of fused-ring (bicyclic) bond motifs is 1. The van der Waals surface area contributed by atoms with Crippen LogP contribution in [0.3, 0.4) is 0 Å². The molecule has 0 aliphatic carbocycles. The van der Waals surface area contributed by atoms with E-state index in [-0.39, 0.29) is 5.56 Å². The van der Waals surface area contributed by atoms with Gasteiger partial charge in [0.05, 0.1) is 22.3 Å². The molecule has 7 nitrogen and oxygen atoms in total. The van der Waals surface area contributed by atoms with Crippen molar-refractivity contribution in [2.75, 3.05) is 0 Å². The Labute approximate surface area is 187 Å². The van der Waals surface area contributed by atoms with Gasteiger partial charge in [-0.05, 0) is 48.5 Å². The summed E-state index contributed by atoms with van der Waals surface area (Å²) >= 11 is 1.37. The first kappa shape index (κ1) is 20.0. The number of thioether (sulfide) groups is 1. The standard InChI is InChI=1S/C24H18N4O3S/c1-16-26-27-22(30-16)15-32-24-25-21-10-6-5-9-20(21)23(29)28(24)17-11-13-19(14-12-17)31-18-7-3-2-4-8-18/h2-14H,15H2,1H3. The number of para-hydroxylation sites is 2. The number of aryl methyl sites for hydroxylation is 1. The minimum atomic E-state index is -0.142. The number of nitrogens with zero attached hydrogens (tertiary/aromatic N) is 4. The maximum atomic E-state index is 13.4. The van der Waals surface area contributed by atoms with Crippen LogP contribution in [-0.4, -0.2) is 19.7 Å². The minimum absolute atomic E-state index is 0.142. The molecular formula is C24H18N4O3S. The molecule has 32 heavy (non-hydrogen) atoms. The van der Waals surface area contributed by atoms with E-state index in [1.807, 2.05) is 72.8 Å². The summed E-state index contributed by atoms with van der Waals surface area (Å²) in [4.78, 5) is 18.1. The predicted octanol–water partition coefficient (Wildman–Crippen LogP) is 5.16. The molecule has 0 amide bonds. The Hall–Kier alpha value is -3.91. The Bertz CT molecular complexity index is 1430. The Kier molecular flexibility index (Phi) is 5.43. The molecule has 0 fully saturated rings. The molecule has 0 N–H and O–H groups in total. The number of hydrogen-bond donors (Lipinski definition) is 0. The third-order valence-electron chi connectivity index (χ3n) is 4.71. The van der Waals surface area contributed by atoms with Crippen molar-refractivity contribution >= 4 is 22.7 Å². The molecule has 0 unspecified atom stereocenters. The molecular weight excluding hydrogens is 424 g/mol. The molecule has 2 heterocycles. The molecule has 5 aromatic rings. The lowest BCUT2D eigenvalue weighted by molar-refractivity contribution is 0.482. The van der Waals surface area contributed by atoms with E-state index in [0.29, 0.717) is 45.0 Å². The van der Waals surface area contributed by atoms with E-state index in [1.54, 1.807) is 17.6 Å². The van der Waals surface area contributed by atoms with Gasteiger partial charge in [-0.2, -0.15) is 0 Å². The first-order valence-electron chi connectivity index (χ1n) is 9.94. The SMILES string of the molecule is Cc1nnc(CSc2nc3ccccc3c(=O)n2-c2ccc(Oc3ccccc3)cc2)o1. The van der Waals surface area contributed by atoms with Crippen molar-refractivity contribution in [1.82, 2.24) is 19.7 Å². The summed E-state index contributed by atoms with van der Waals surface area (Å²) in [5.74, 6) is 2.81. The summed E-state index contributed by atoms with van der Waals surface area (Å²) in [5, 5.41) is 8.98. The van der Waals surface area contributed by atoms with Crippen LogP contribution in [0.5, 0.6) is 11.5 Å². The fraction of sp³-hybridized carbons (Fsp3) is 0.0833. The lowest BCUT2D eigenvalue weighted by Crippen LogP contribution is -2.21. The van der Waals surface area contributed by atoms with Crippen LogP contribution >= 0.6 is 11.8 Å². The maximum Gasteiger partial charge on any atom is 0.266 e. The summed E-state index contributed by atoms with van der Waals surface area (Å²) in [6.07, 6.45) is 0. The van der Waals surface area contributed by atoms with Crippen molar-refractivity contribution < 1.29 is 9.15 Å². The highest BCUT2D eigenvalue weighted by Crippen LogP contribution is 2.26. The highest BCUT2D eigenvalue weighted by molar-refractivity contribution is 7.98. The van der Waals surface area contributed by atoms with E-state index in [2.05, 4.69) is 10.2 Å². The van der Waals surface area contributed by atoms with Crippen molar-refractivity contribution in [2.24, 2.45) is 0 Å². The Morgan fingerprint density at radius 2 is 1.62 bits per heavy atom. The molecule has 8 heteroatoms. The molecule has 2 aromatic heterocycles. The van der Waals surface area contributed by atoms with E-state index in [4.69, 9.17) is 14.1 Å². The monoisotopic (exact) mass is 442 g/mol. The molecule has 158 valence electrons. The van der Waals surface area contributed by atoms with Gasteiger partial charge in [-0.3, -0.25) is 9.36 Å². The molecule has 0 saturated carbocycles. The molecule has 0 radical (unpaired) electrons. The summed E-state index contributed by atoms with van der Waals surface area (Å²) in [7, 11) is 0. The van der Waals surface area contributed by atoms with Gasteiger partial charge in [-0.15, -0.1) is 10.2 Å². The van der Waals surface area contributed by atoms with Crippen molar-refractivity contribution in [3.63, 3.8) is 0 Å². The van der Waals surface area contributed by atoms with Gasteiger partial charge in [-0.25, -0.2) is 4.98 Å². The Balaban J connectivity index is 1.52. The summed E-state index contributed by atoms with van der Waals surface area (Å²) in [6.45, 7) is 1.74. The summed E-state index contributed by atoms with van der Waals surface area (Å²) < 4.78 is 12.9. The Morgan fingerprint density at radius 1 is 0.906 bits per heavy atom. The number of benzene rings is 3. The second-order valence-corrected chi connectivity index (χ2v) is 7.91. The van der Waals surface area contributed by atoms with Gasteiger partial charge in [0.15, 0.2) is 5.16 Å². The number of ether oxygens (including phenoxy) is 1. The van der Waals surface area contributed by atoms with Gasteiger partial charge < -0.3 is 9.15 Å². The number of rotatable bonds is 6. The van der Waals surface area contributed by atoms with E-state index in [9.17, 15) is 4.79 Å². The summed E-state index contributed by atoms with van der Waals surface area (Å²) in [5.41, 5.74) is 1.19. The first-order chi connectivity index (χ1) is 15.7. The van der Waals surface area contributed by atoms with Gasteiger partial charge in [0.2, 0.25) is 11.8 Å². The highest BCUT2D eigenvalue weighted by Gasteiger charge is 2.15. The average Bonchev–Trinajstić information content (AvgIpc) is 3.24. The molecule has 0 bridgehead atoms. The van der Waals surface area contributed by atoms with Gasteiger partial charge in [0.25, 0.3) is 5.56 Å². The van der Waals surface area contributed by atoms with Crippen molar-refractivity contribution in [2.45, 2.75) is 17.8 Å². The fourth-order valence-electron chi connectivity index (χ4n) is 3.25. The molecule has 0 saturated heterocycles. The van der Waals surface area contributed by atoms with Crippen LogP contribution in [0.15, 0.2) is 93.2 Å². The Morgan fingerprint density at radius 3 is 2.38 bits per heavy atom. The van der Waals surface area contributed by atoms with Crippen LogP contribution in [0, 0.1) is 6.92 Å². The fourth-order valence-corrected chi connectivity index (χ4v) is 4.10. The van der Waals surface area contributed by atoms with Crippen molar-refractivity contribution in [1.29, 1.82) is 0 Å². The topological polar surface area (TPSA) is 83.0 Å². The molecule has 0 aliphatic rings. The van der Waals surface area contributed by atoms with E-state index in [0.717, 1.165) is 5.75 Å². The third kappa shape index (κ3) is 4.13. The lowest BCUT2D eigenvalue weighted by Gasteiger charge is -2.13. The zero-order valence-corrected chi connectivity index (χ0v) is 18.0. The molecule has 0 aliphatic heterocycles. The number of aromatic nitrogens is 4. The quantitative estimate of drug-likeness (QED) is 0.265. The zero-order chi connectivity index (χ0) is 21.9. The van der Waals surface area contributed by atoms with Gasteiger partial charge in [0.1, 0.15) is 11.5 Å². The normalized spacial score (nSPS) is 11.0. The van der Waals surface area contributed by atoms with Crippen molar-refractivity contribution in [3.05, 3.63) is 101 Å². The van der Waals surface area contributed by atoms with Crippen LogP contribution in [0.25, 0.3) is 16.6 Å². The predicted molar refractivity (Wildman–Crippen MR) is 122 cm³/mol. The van der Waals surface area contributed by atoms with Crippen molar-refractivity contribution in [3.8, 4) is 17.2 Å². The first-order valence-corrected chi connectivity index (χ1v) is 10.9. The largest absolute Gasteiger partial charge is 0.457 e. The third-order valence-corrected chi connectivity index (χ3v) is 5.63. The van der Waals surface area contributed by atoms with Crippen LogP contribution in [0.1, 0.15) is 11.8 Å². The van der Waals surface area contributed by atoms with E-state index < -0.39 is 0 Å². The van der Waals surface area contributed by atoms with Gasteiger partial charge in [0, 0.05) is 6.92 Å². The molecule has 0 atom stereocenters. The molecule has 5 rings (SSSR count). The van der Waals surface area contributed by atoms with E-state index in [1.165, 1.54) is 11.8 Å². The lowest BCUT2D eigenvalue weighted by atomic mass is 10.2. The molecule has 0 spiro atoms. The van der Waals surface area contributed by atoms with Crippen LogP contribution in [0.2, 0.25) is 0 Å². The maximum absolute atomic E-state index is 13.4. The van der Waals surface area contributed by atoms with Gasteiger partial charge in [-0.1, -0.05) is 42.1 Å². The average molecular weight is 443 g/mol. The minimum Gasteiger partial charge on any atom is -0.457 e. The second kappa shape index (κ2) is 8.68. The van der Waals surface area contributed by atoms with Crippen LogP contribution in [0.4, 0.5) is 0 Å². The van der Waals surface area contributed by atoms with Crippen LogP contribution in [-0.2, 0) is 5.75 Å². The number of hydrogen-bond acceptors (Lipinski definition) is 7. The zero-order valence-electron chi connectivity index (χ0n) is 17.1.